The van der Waals surface area contributed by atoms with Gasteiger partial charge < -0.3 is 14.6 Å². The first-order valence-corrected chi connectivity index (χ1v) is 15.4. The molecule has 0 bridgehead atoms. The van der Waals surface area contributed by atoms with Gasteiger partial charge in [0.2, 0.25) is 0 Å². The number of ketones is 1. The maximum atomic E-state index is 13.0. The largest absolute Gasteiger partial charge is 0.481 e. The maximum Gasteiger partial charge on any atom is 0.314 e. The molecular formula is C27H34O5Si. The van der Waals surface area contributed by atoms with Crippen LogP contribution in [0, 0.1) is 10.8 Å². The van der Waals surface area contributed by atoms with Crippen molar-refractivity contribution >= 4 is 25.0 Å². The molecule has 1 spiro atoms. The number of Topliss-reactive ketones (excluding diaryl/α,β-unsaturated/α-hetero) is 1. The standard InChI is InChI=1S/C27H34O5Si/c1-19-21-9-12-25(24(29)30)17-27(31-15-16-32-27)14-11-23(25)26(21,13-10-22(19)28)18-33(2,3)20-7-5-4-6-8-20/h4-8,11H,9-10,12-18H2,1-3H3,(H,29,30)/t25-,26-/m1/s1. The van der Waals surface area contributed by atoms with Gasteiger partial charge in [-0.1, -0.05) is 60.3 Å². The Morgan fingerprint density at radius 1 is 1.09 bits per heavy atom. The summed E-state index contributed by atoms with van der Waals surface area (Å²) in [5, 5.41) is 12.1. The first-order valence-electron chi connectivity index (χ1n) is 12.2. The SMILES string of the molecule is CC1=C2CC[C@@]3(C(=O)O)CC4(CC=C3[C@@]2(C[Si](C)(C)c2ccccc2)CCC1=O)OCCO4. The van der Waals surface area contributed by atoms with Crippen molar-refractivity contribution in [2.75, 3.05) is 13.2 Å². The predicted octanol–water partition coefficient (Wildman–Crippen LogP) is 4.60. The highest BCUT2D eigenvalue weighted by atomic mass is 28.3. The summed E-state index contributed by atoms with van der Waals surface area (Å²) in [6.07, 6.45) is 5.41. The number of aliphatic carboxylic acids is 1. The summed E-state index contributed by atoms with van der Waals surface area (Å²) in [6.45, 7) is 7.75. The molecule has 0 aromatic heterocycles. The van der Waals surface area contributed by atoms with Gasteiger partial charge in [0.15, 0.2) is 11.6 Å². The highest BCUT2D eigenvalue weighted by molar-refractivity contribution is 6.90. The molecule has 176 valence electrons. The number of allylic oxidation sites excluding steroid dienone is 2. The van der Waals surface area contributed by atoms with Crippen LogP contribution in [0.4, 0.5) is 0 Å². The van der Waals surface area contributed by atoms with E-state index in [9.17, 15) is 14.7 Å². The van der Waals surface area contributed by atoms with Crippen LogP contribution < -0.4 is 5.19 Å². The summed E-state index contributed by atoms with van der Waals surface area (Å²) in [5.41, 5.74) is 1.71. The van der Waals surface area contributed by atoms with Crippen molar-refractivity contribution in [1.29, 1.82) is 0 Å². The van der Waals surface area contributed by atoms with Gasteiger partial charge >= 0.3 is 5.97 Å². The second-order valence-corrected chi connectivity index (χ2v) is 15.7. The van der Waals surface area contributed by atoms with Crippen molar-refractivity contribution in [2.45, 2.75) is 70.4 Å². The Morgan fingerprint density at radius 2 is 1.79 bits per heavy atom. The molecule has 6 heteroatoms. The molecule has 0 unspecified atom stereocenters. The molecule has 0 radical (unpaired) electrons. The van der Waals surface area contributed by atoms with Crippen LogP contribution in [0.5, 0.6) is 0 Å². The Hall–Kier alpha value is -2.02. The van der Waals surface area contributed by atoms with E-state index in [-0.39, 0.29) is 11.2 Å². The fourth-order valence-electron chi connectivity index (χ4n) is 7.26. The summed E-state index contributed by atoms with van der Waals surface area (Å²) in [4.78, 5) is 25.8. The summed E-state index contributed by atoms with van der Waals surface area (Å²) in [6, 6.07) is 11.6. The van der Waals surface area contributed by atoms with Crippen molar-refractivity contribution in [3.63, 3.8) is 0 Å². The molecule has 1 aromatic rings. The lowest BCUT2D eigenvalue weighted by Crippen LogP contribution is -2.57. The third-order valence-corrected chi connectivity index (χ3v) is 12.2. The van der Waals surface area contributed by atoms with Crippen LogP contribution >= 0.6 is 0 Å². The van der Waals surface area contributed by atoms with Crippen molar-refractivity contribution in [2.24, 2.45) is 10.8 Å². The van der Waals surface area contributed by atoms with Crippen molar-refractivity contribution in [1.82, 2.24) is 0 Å². The minimum Gasteiger partial charge on any atom is -0.481 e. The summed E-state index contributed by atoms with van der Waals surface area (Å²) in [7, 11) is -1.96. The molecule has 33 heavy (non-hydrogen) atoms. The molecule has 1 heterocycles. The Morgan fingerprint density at radius 3 is 2.45 bits per heavy atom. The summed E-state index contributed by atoms with van der Waals surface area (Å²) >= 11 is 0. The molecular weight excluding hydrogens is 432 g/mol. The minimum absolute atomic E-state index is 0.220. The molecule has 1 saturated heterocycles. The quantitative estimate of drug-likeness (QED) is 0.519. The number of hydrogen-bond acceptors (Lipinski definition) is 4. The van der Waals surface area contributed by atoms with Crippen LogP contribution in [0.15, 0.2) is 53.1 Å². The zero-order chi connectivity index (χ0) is 23.5. The molecule has 1 aromatic carbocycles. The Balaban J connectivity index is 1.68. The molecule has 1 aliphatic heterocycles. The van der Waals surface area contributed by atoms with Gasteiger partial charge in [0.05, 0.1) is 26.7 Å². The normalized spacial score (nSPS) is 31.2. The first-order chi connectivity index (χ1) is 15.6. The van der Waals surface area contributed by atoms with E-state index in [1.807, 2.05) is 13.0 Å². The van der Waals surface area contributed by atoms with E-state index in [0.717, 1.165) is 17.2 Å². The average Bonchev–Trinajstić information content (AvgIpc) is 3.24. The van der Waals surface area contributed by atoms with Crippen LogP contribution in [0.2, 0.25) is 19.1 Å². The van der Waals surface area contributed by atoms with Gasteiger partial charge in [-0.25, -0.2) is 0 Å². The van der Waals surface area contributed by atoms with Gasteiger partial charge in [-0.3, -0.25) is 9.59 Å². The monoisotopic (exact) mass is 466 g/mol. The smallest absolute Gasteiger partial charge is 0.314 e. The van der Waals surface area contributed by atoms with Crippen LogP contribution in [-0.4, -0.2) is 43.9 Å². The molecule has 3 aliphatic carbocycles. The average molecular weight is 467 g/mol. The van der Waals surface area contributed by atoms with E-state index in [2.05, 4.69) is 43.4 Å². The zero-order valence-corrected chi connectivity index (χ0v) is 20.9. The molecule has 5 nitrogen and oxygen atoms in total. The number of carboxylic acids is 1. The number of fused-ring (bicyclic) bond motifs is 3. The fraction of sp³-hybridized carbons (Fsp3) is 0.556. The highest BCUT2D eigenvalue weighted by Crippen LogP contribution is 2.65. The number of benzene rings is 1. The van der Waals surface area contributed by atoms with Gasteiger partial charge in [0.25, 0.3) is 0 Å². The van der Waals surface area contributed by atoms with Crippen LogP contribution in [0.1, 0.15) is 45.4 Å². The minimum atomic E-state index is -1.96. The maximum absolute atomic E-state index is 13.0. The van der Waals surface area contributed by atoms with E-state index in [1.54, 1.807) is 0 Å². The Kier molecular flexibility index (Phi) is 5.35. The zero-order valence-electron chi connectivity index (χ0n) is 19.9. The second-order valence-electron chi connectivity index (χ2n) is 11.0. The number of carbonyl (C=O) groups excluding carboxylic acids is 1. The van der Waals surface area contributed by atoms with Crippen molar-refractivity contribution in [3.05, 3.63) is 53.1 Å². The first kappa shape index (κ1) is 22.8. The van der Waals surface area contributed by atoms with Crippen molar-refractivity contribution < 1.29 is 24.2 Å². The molecule has 4 aliphatic rings. The van der Waals surface area contributed by atoms with Gasteiger partial charge in [-0.15, -0.1) is 0 Å². The number of hydrogen-bond donors (Lipinski definition) is 1. The highest BCUT2D eigenvalue weighted by Gasteiger charge is 2.63. The van der Waals surface area contributed by atoms with Gasteiger partial charge in [0.1, 0.15) is 0 Å². The number of rotatable bonds is 4. The van der Waals surface area contributed by atoms with E-state index in [4.69, 9.17) is 9.47 Å². The van der Waals surface area contributed by atoms with Crippen LogP contribution in [0.3, 0.4) is 0 Å². The lowest BCUT2D eigenvalue weighted by Gasteiger charge is -2.57. The number of ether oxygens (including phenoxy) is 2. The predicted molar refractivity (Wildman–Crippen MR) is 129 cm³/mol. The van der Waals surface area contributed by atoms with Gasteiger partial charge in [-0.05, 0) is 43.4 Å². The number of carboxylic acid groups (broad SMARTS) is 1. The van der Waals surface area contributed by atoms with E-state index < -0.39 is 25.2 Å². The Labute approximate surface area is 196 Å². The molecule has 2 fully saturated rings. The van der Waals surface area contributed by atoms with Crippen LogP contribution in [0.25, 0.3) is 0 Å². The van der Waals surface area contributed by atoms with Crippen LogP contribution in [-0.2, 0) is 19.1 Å². The Bertz CT molecular complexity index is 1050. The fourth-order valence-corrected chi connectivity index (χ4v) is 10.7. The molecule has 0 amide bonds. The van der Waals surface area contributed by atoms with Crippen molar-refractivity contribution in [3.8, 4) is 0 Å². The van der Waals surface area contributed by atoms with E-state index in [0.29, 0.717) is 51.7 Å². The third kappa shape index (κ3) is 3.41. The summed E-state index contributed by atoms with van der Waals surface area (Å²) < 4.78 is 12.0. The summed E-state index contributed by atoms with van der Waals surface area (Å²) in [5.74, 6) is -1.38. The lowest BCUT2D eigenvalue weighted by molar-refractivity contribution is -0.193. The third-order valence-electron chi connectivity index (χ3n) is 8.77. The van der Waals surface area contributed by atoms with Gasteiger partial charge in [-0.2, -0.15) is 0 Å². The second kappa shape index (κ2) is 7.75. The van der Waals surface area contributed by atoms with Gasteiger partial charge in [0, 0.05) is 24.7 Å². The molecule has 2 atom stereocenters. The molecule has 5 rings (SSSR count). The lowest BCUT2D eigenvalue weighted by atomic mass is 9.50. The topological polar surface area (TPSA) is 72.8 Å². The van der Waals surface area contributed by atoms with E-state index >= 15 is 0 Å². The van der Waals surface area contributed by atoms with E-state index in [1.165, 1.54) is 10.8 Å². The molecule has 1 saturated carbocycles. The number of carbonyl (C=O) groups is 2. The molecule has 1 N–H and O–H groups in total.